The van der Waals surface area contributed by atoms with Crippen molar-refractivity contribution < 1.29 is 13.2 Å². The van der Waals surface area contributed by atoms with Crippen molar-refractivity contribution in [1.29, 1.82) is 5.26 Å². The molecule has 0 saturated heterocycles. The number of halogens is 3. The average Bonchev–Trinajstić information content (AvgIpc) is 2.89. The molecule has 19 heavy (non-hydrogen) atoms. The number of aromatic nitrogens is 3. The second-order valence-electron chi connectivity index (χ2n) is 4.62. The third-order valence-electron chi connectivity index (χ3n) is 3.38. The van der Waals surface area contributed by atoms with Gasteiger partial charge in [-0.05, 0) is 6.92 Å². The topological polar surface area (TPSA) is 66.0 Å². The molecule has 0 amide bonds. The van der Waals surface area contributed by atoms with Crippen LogP contribution >= 0.6 is 0 Å². The molecular formula is C11H8F3N5. The molecule has 2 aromatic heterocycles. The minimum Gasteiger partial charge on any atom is -0.381 e. The maximum Gasteiger partial charge on any atom is 0.401 e. The highest BCUT2D eigenvalue weighted by Crippen LogP contribution is 2.47. The van der Waals surface area contributed by atoms with Crippen molar-refractivity contribution in [1.82, 2.24) is 14.6 Å². The Balaban J connectivity index is 2.35. The van der Waals surface area contributed by atoms with Crippen LogP contribution in [0.4, 0.5) is 18.9 Å². The van der Waals surface area contributed by atoms with Crippen LogP contribution in [0.15, 0.2) is 12.3 Å². The summed E-state index contributed by atoms with van der Waals surface area (Å²) in [6, 6.07) is 3.16. The van der Waals surface area contributed by atoms with Crippen molar-refractivity contribution in [2.45, 2.75) is 18.5 Å². The first-order chi connectivity index (χ1) is 8.87. The van der Waals surface area contributed by atoms with Crippen LogP contribution in [0.25, 0.3) is 5.65 Å². The molecule has 8 heteroatoms. The van der Waals surface area contributed by atoms with Gasteiger partial charge in [-0.3, -0.25) is 0 Å². The minimum atomic E-state index is -4.42. The van der Waals surface area contributed by atoms with E-state index in [2.05, 4.69) is 15.4 Å². The van der Waals surface area contributed by atoms with Crippen molar-refractivity contribution in [3.05, 3.63) is 23.7 Å². The third-order valence-corrected chi connectivity index (χ3v) is 3.38. The largest absolute Gasteiger partial charge is 0.401 e. The van der Waals surface area contributed by atoms with Crippen LogP contribution in [0.3, 0.4) is 0 Å². The number of fused-ring (bicyclic) bond motifs is 3. The van der Waals surface area contributed by atoms with Gasteiger partial charge in [0.2, 0.25) is 0 Å². The molecular weight excluding hydrogens is 259 g/mol. The molecule has 98 valence electrons. The summed E-state index contributed by atoms with van der Waals surface area (Å²) in [6.45, 7) is 0.841. The first-order valence-electron chi connectivity index (χ1n) is 5.47. The zero-order valence-electron chi connectivity index (χ0n) is 9.78. The van der Waals surface area contributed by atoms with Crippen LogP contribution < -0.4 is 5.32 Å². The molecule has 3 heterocycles. The number of anilines is 1. The SMILES string of the molecule is CC1(C(F)(F)F)CNc2cnc3cc(C#N)nn3c21. The number of hydrogen-bond donors (Lipinski definition) is 1. The second-order valence-corrected chi connectivity index (χ2v) is 4.62. The van der Waals surface area contributed by atoms with E-state index in [1.54, 1.807) is 6.07 Å². The zero-order chi connectivity index (χ0) is 13.8. The van der Waals surface area contributed by atoms with Crippen LogP contribution in [-0.4, -0.2) is 27.3 Å². The van der Waals surface area contributed by atoms with Gasteiger partial charge in [0.15, 0.2) is 11.3 Å². The van der Waals surface area contributed by atoms with Gasteiger partial charge >= 0.3 is 6.18 Å². The Hall–Kier alpha value is -2.30. The van der Waals surface area contributed by atoms with Crippen LogP contribution in [0.5, 0.6) is 0 Å². The summed E-state index contributed by atoms with van der Waals surface area (Å²) < 4.78 is 40.9. The summed E-state index contributed by atoms with van der Waals surface area (Å²) in [5.41, 5.74) is -1.50. The fourth-order valence-electron chi connectivity index (χ4n) is 2.24. The molecule has 1 unspecified atom stereocenters. The van der Waals surface area contributed by atoms with Crippen molar-refractivity contribution in [2.24, 2.45) is 0 Å². The Kier molecular flexibility index (Phi) is 2.09. The lowest BCUT2D eigenvalue weighted by Gasteiger charge is -2.27. The number of nitriles is 1. The van der Waals surface area contributed by atoms with Crippen LogP contribution in [0.1, 0.15) is 18.3 Å². The summed E-state index contributed by atoms with van der Waals surface area (Å²) in [7, 11) is 0. The summed E-state index contributed by atoms with van der Waals surface area (Å²) in [6.07, 6.45) is -3.08. The second kappa shape index (κ2) is 3.38. The average molecular weight is 267 g/mol. The third kappa shape index (κ3) is 1.41. The van der Waals surface area contributed by atoms with Crippen LogP contribution in [0, 0.1) is 11.3 Å². The van der Waals surface area contributed by atoms with Gasteiger partial charge in [0, 0.05) is 12.6 Å². The quantitative estimate of drug-likeness (QED) is 0.791. The van der Waals surface area contributed by atoms with Gasteiger partial charge in [-0.1, -0.05) is 0 Å². The fourth-order valence-corrected chi connectivity index (χ4v) is 2.24. The molecule has 0 bridgehead atoms. The molecule has 0 spiro atoms. The molecule has 0 fully saturated rings. The maximum absolute atomic E-state index is 13.3. The van der Waals surface area contributed by atoms with E-state index in [0.717, 1.165) is 11.4 Å². The maximum atomic E-state index is 13.3. The molecule has 1 aliphatic heterocycles. The lowest BCUT2D eigenvalue weighted by atomic mass is 9.88. The molecule has 2 aromatic rings. The van der Waals surface area contributed by atoms with Crippen molar-refractivity contribution >= 4 is 11.3 Å². The van der Waals surface area contributed by atoms with E-state index in [4.69, 9.17) is 5.26 Å². The van der Waals surface area contributed by atoms with Gasteiger partial charge in [0.1, 0.15) is 11.5 Å². The molecule has 0 aromatic carbocycles. The first kappa shape index (κ1) is 11.8. The molecule has 1 N–H and O–H groups in total. The van der Waals surface area contributed by atoms with E-state index in [1.807, 2.05) is 0 Å². The van der Waals surface area contributed by atoms with Crippen LogP contribution in [-0.2, 0) is 5.41 Å². The number of hydrogen-bond acceptors (Lipinski definition) is 4. The normalized spacial score (nSPS) is 22.1. The summed E-state index contributed by atoms with van der Waals surface area (Å²) in [4.78, 5) is 3.99. The molecule has 0 saturated carbocycles. The van der Waals surface area contributed by atoms with Gasteiger partial charge < -0.3 is 5.32 Å². The highest BCUT2D eigenvalue weighted by atomic mass is 19.4. The van der Waals surface area contributed by atoms with Gasteiger partial charge in [-0.2, -0.15) is 23.5 Å². The summed E-state index contributed by atoms with van der Waals surface area (Å²) >= 11 is 0. The van der Waals surface area contributed by atoms with E-state index in [-0.39, 0.29) is 23.6 Å². The predicted molar refractivity (Wildman–Crippen MR) is 59.6 cm³/mol. The van der Waals surface area contributed by atoms with Crippen molar-refractivity contribution in [3.63, 3.8) is 0 Å². The van der Waals surface area contributed by atoms with Crippen molar-refractivity contribution in [3.8, 4) is 6.07 Å². The molecule has 3 rings (SSSR count). The molecule has 1 atom stereocenters. The monoisotopic (exact) mass is 267 g/mol. The van der Waals surface area contributed by atoms with Gasteiger partial charge in [-0.15, -0.1) is 0 Å². The van der Waals surface area contributed by atoms with E-state index in [9.17, 15) is 13.2 Å². The number of alkyl halides is 3. The number of rotatable bonds is 0. The smallest absolute Gasteiger partial charge is 0.381 e. The standard InChI is InChI=1S/C11H8F3N5/c1-10(11(12,13)14)5-17-7-4-16-8-2-6(3-15)18-19(8)9(7)10/h2,4,17H,5H2,1H3. The fraction of sp³-hybridized carbons (Fsp3) is 0.364. The summed E-state index contributed by atoms with van der Waals surface area (Å²) in [5, 5.41) is 15.3. The first-order valence-corrected chi connectivity index (χ1v) is 5.47. The van der Waals surface area contributed by atoms with E-state index in [0.29, 0.717) is 5.69 Å². The Bertz CT molecular complexity index is 711. The Morgan fingerprint density at radius 1 is 1.53 bits per heavy atom. The Morgan fingerprint density at radius 3 is 2.89 bits per heavy atom. The zero-order valence-corrected chi connectivity index (χ0v) is 9.78. The van der Waals surface area contributed by atoms with Gasteiger partial charge in [0.05, 0.1) is 17.6 Å². The van der Waals surface area contributed by atoms with Crippen molar-refractivity contribution in [2.75, 3.05) is 11.9 Å². The van der Waals surface area contributed by atoms with E-state index < -0.39 is 11.6 Å². The van der Waals surface area contributed by atoms with Crippen LogP contribution in [0.2, 0.25) is 0 Å². The van der Waals surface area contributed by atoms with E-state index in [1.165, 1.54) is 12.3 Å². The molecule has 1 aliphatic rings. The molecule has 5 nitrogen and oxygen atoms in total. The highest BCUT2D eigenvalue weighted by Gasteiger charge is 2.57. The lowest BCUT2D eigenvalue weighted by Crippen LogP contribution is -2.42. The van der Waals surface area contributed by atoms with Gasteiger partial charge in [-0.25, -0.2) is 9.50 Å². The summed E-state index contributed by atoms with van der Waals surface area (Å²) in [5.74, 6) is 0. The van der Waals surface area contributed by atoms with E-state index >= 15 is 0 Å². The Morgan fingerprint density at radius 2 is 2.26 bits per heavy atom. The number of nitrogens with zero attached hydrogens (tertiary/aromatic N) is 4. The Labute approximate surface area is 105 Å². The highest BCUT2D eigenvalue weighted by molar-refractivity contribution is 5.61. The molecule has 0 radical (unpaired) electrons. The number of nitrogens with one attached hydrogen (secondary N) is 1. The molecule has 0 aliphatic carbocycles. The minimum absolute atomic E-state index is 0.00787. The lowest BCUT2D eigenvalue weighted by molar-refractivity contribution is -0.181. The van der Waals surface area contributed by atoms with Gasteiger partial charge in [0.25, 0.3) is 0 Å². The predicted octanol–water partition coefficient (Wildman–Crippen LogP) is 1.85.